The van der Waals surface area contributed by atoms with Gasteiger partial charge in [-0.2, -0.15) is 5.10 Å². The van der Waals surface area contributed by atoms with Crippen LogP contribution in [0.1, 0.15) is 51.8 Å². The van der Waals surface area contributed by atoms with E-state index in [9.17, 15) is 0 Å². The summed E-state index contributed by atoms with van der Waals surface area (Å²) < 4.78 is 2.04. The third-order valence-corrected chi connectivity index (χ3v) is 3.29. The van der Waals surface area contributed by atoms with Crippen LogP contribution in [0.15, 0.2) is 0 Å². The lowest BCUT2D eigenvalue weighted by atomic mass is 10.2. The normalized spacial score (nSPS) is 11.3. The van der Waals surface area contributed by atoms with E-state index in [1.165, 1.54) is 24.2 Å². The minimum absolute atomic E-state index is 0.498. The second-order valence-corrected chi connectivity index (χ2v) is 5.53. The molecule has 0 unspecified atom stereocenters. The molecule has 1 aromatic rings. The van der Waals surface area contributed by atoms with Gasteiger partial charge in [0, 0.05) is 38.3 Å². The second kappa shape index (κ2) is 7.53. The van der Waals surface area contributed by atoms with Crippen LogP contribution < -0.4 is 10.2 Å². The zero-order valence-corrected chi connectivity index (χ0v) is 13.5. The Balaban J connectivity index is 3.01. The van der Waals surface area contributed by atoms with E-state index in [1.54, 1.807) is 0 Å². The fourth-order valence-corrected chi connectivity index (χ4v) is 2.46. The number of hydrogen-bond donors (Lipinski definition) is 1. The summed E-state index contributed by atoms with van der Waals surface area (Å²) in [7, 11) is 2.06. The van der Waals surface area contributed by atoms with Gasteiger partial charge in [0.05, 0.1) is 5.69 Å². The van der Waals surface area contributed by atoms with Crippen molar-refractivity contribution >= 4 is 5.82 Å². The van der Waals surface area contributed by atoms with Crippen molar-refractivity contribution in [2.75, 3.05) is 18.0 Å². The zero-order valence-electron chi connectivity index (χ0n) is 13.5. The van der Waals surface area contributed by atoms with Crippen LogP contribution in [-0.4, -0.2) is 28.9 Å². The predicted octanol–water partition coefficient (Wildman–Crippen LogP) is 2.85. The highest BCUT2D eigenvalue weighted by atomic mass is 15.4. The molecule has 19 heavy (non-hydrogen) atoms. The number of hydrogen-bond acceptors (Lipinski definition) is 3. The minimum atomic E-state index is 0.498. The molecule has 0 aliphatic rings. The Morgan fingerprint density at radius 1 is 1.21 bits per heavy atom. The second-order valence-electron chi connectivity index (χ2n) is 5.53. The average molecular weight is 266 g/mol. The van der Waals surface area contributed by atoms with Crippen LogP contribution in [-0.2, 0) is 13.6 Å². The maximum atomic E-state index is 4.61. The Labute approximate surface area is 118 Å². The van der Waals surface area contributed by atoms with Gasteiger partial charge in [-0.1, -0.05) is 27.7 Å². The zero-order chi connectivity index (χ0) is 14.4. The minimum Gasteiger partial charge on any atom is -0.357 e. The van der Waals surface area contributed by atoms with Gasteiger partial charge in [0.15, 0.2) is 0 Å². The summed E-state index contributed by atoms with van der Waals surface area (Å²) in [5, 5.41) is 8.12. The van der Waals surface area contributed by atoms with E-state index >= 15 is 0 Å². The number of nitrogens with zero attached hydrogens (tertiary/aromatic N) is 3. The Bertz CT molecular complexity index is 376. The van der Waals surface area contributed by atoms with Crippen LogP contribution in [0.4, 0.5) is 5.82 Å². The fraction of sp³-hybridized carbons (Fsp3) is 0.800. The number of anilines is 1. The molecule has 0 amide bonds. The van der Waals surface area contributed by atoms with Crippen LogP contribution in [0.25, 0.3) is 0 Å². The van der Waals surface area contributed by atoms with Gasteiger partial charge in [0.25, 0.3) is 0 Å². The van der Waals surface area contributed by atoms with Crippen LogP contribution >= 0.6 is 0 Å². The van der Waals surface area contributed by atoms with E-state index in [2.05, 4.69) is 57.0 Å². The molecule has 0 saturated heterocycles. The topological polar surface area (TPSA) is 33.1 Å². The SMILES string of the molecule is CCCN(CCC)c1c(CNC(C)C)c(C)nn1C. The number of aromatic nitrogens is 2. The Hall–Kier alpha value is -1.03. The average Bonchev–Trinajstić information content (AvgIpc) is 2.61. The lowest BCUT2D eigenvalue weighted by molar-refractivity contribution is 0.585. The molecule has 0 aliphatic carbocycles. The molecule has 1 aromatic heterocycles. The highest BCUT2D eigenvalue weighted by Gasteiger charge is 2.18. The Morgan fingerprint density at radius 2 is 1.79 bits per heavy atom. The fourth-order valence-electron chi connectivity index (χ4n) is 2.46. The molecule has 1 rings (SSSR count). The molecule has 0 saturated carbocycles. The molecule has 0 aromatic carbocycles. The van der Waals surface area contributed by atoms with Crippen LogP contribution in [0.5, 0.6) is 0 Å². The summed E-state index contributed by atoms with van der Waals surface area (Å²) in [6.07, 6.45) is 2.34. The van der Waals surface area contributed by atoms with Gasteiger partial charge < -0.3 is 10.2 Å². The quantitative estimate of drug-likeness (QED) is 0.785. The van der Waals surface area contributed by atoms with E-state index in [4.69, 9.17) is 0 Å². The van der Waals surface area contributed by atoms with Crippen molar-refractivity contribution in [1.82, 2.24) is 15.1 Å². The molecule has 4 heteroatoms. The van der Waals surface area contributed by atoms with Crippen LogP contribution in [0.3, 0.4) is 0 Å². The van der Waals surface area contributed by atoms with Gasteiger partial charge in [0.1, 0.15) is 5.82 Å². The summed E-state index contributed by atoms with van der Waals surface area (Å²) in [5.74, 6) is 1.29. The first-order chi connectivity index (χ1) is 9.01. The molecule has 0 radical (unpaired) electrons. The van der Waals surface area contributed by atoms with E-state index in [0.717, 1.165) is 25.3 Å². The standard InChI is InChI=1S/C15H30N4/c1-7-9-19(10-8-2)15-14(11-16-12(3)4)13(5)17-18(15)6/h12,16H,7-11H2,1-6H3. The first-order valence-corrected chi connectivity index (χ1v) is 7.52. The number of nitrogens with one attached hydrogen (secondary N) is 1. The van der Waals surface area contributed by atoms with Crippen molar-refractivity contribution in [3.8, 4) is 0 Å². The molecule has 0 atom stereocenters. The Kier molecular flexibility index (Phi) is 6.35. The molecule has 0 bridgehead atoms. The maximum Gasteiger partial charge on any atom is 0.131 e. The lowest BCUT2D eigenvalue weighted by Crippen LogP contribution is -2.29. The molecule has 1 heterocycles. The molecule has 0 aliphatic heterocycles. The highest BCUT2D eigenvalue weighted by molar-refractivity contribution is 5.50. The molecule has 0 spiro atoms. The molecular formula is C15H30N4. The lowest BCUT2D eigenvalue weighted by Gasteiger charge is -2.25. The van der Waals surface area contributed by atoms with Gasteiger partial charge >= 0.3 is 0 Å². The first-order valence-electron chi connectivity index (χ1n) is 7.52. The Morgan fingerprint density at radius 3 is 2.26 bits per heavy atom. The van der Waals surface area contributed by atoms with Gasteiger partial charge in [-0.15, -0.1) is 0 Å². The number of rotatable bonds is 8. The van der Waals surface area contributed by atoms with Crippen LogP contribution in [0.2, 0.25) is 0 Å². The predicted molar refractivity (Wildman–Crippen MR) is 82.7 cm³/mol. The van der Waals surface area contributed by atoms with E-state index in [1.807, 2.05) is 4.68 Å². The first kappa shape index (κ1) is 16.0. The van der Waals surface area contributed by atoms with Crippen molar-refractivity contribution in [2.24, 2.45) is 7.05 Å². The third-order valence-electron chi connectivity index (χ3n) is 3.29. The summed E-state index contributed by atoms with van der Waals surface area (Å²) in [6, 6.07) is 0.498. The van der Waals surface area contributed by atoms with Gasteiger partial charge in [-0.3, -0.25) is 4.68 Å². The van der Waals surface area contributed by atoms with Crippen molar-refractivity contribution in [3.05, 3.63) is 11.3 Å². The smallest absolute Gasteiger partial charge is 0.131 e. The van der Waals surface area contributed by atoms with Crippen LogP contribution in [0, 0.1) is 6.92 Å². The van der Waals surface area contributed by atoms with Gasteiger partial charge in [-0.05, 0) is 19.8 Å². The van der Waals surface area contributed by atoms with Gasteiger partial charge in [0.2, 0.25) is 0 Å². The summed E-state index contributed by atoms with van der Waals surface area (Å²) in [4.78, 5) is 2.47. The molecule has 0 fully saturated rings. The summed E-state index contributed by atoms with van der Waals surface area (Å²) in [6.45, 7) is 14.0. The van der Waals surface area contributed by atoms with Gasteiger partial charge in [-0.25, -0.2) is 0 Å². The van der Waals surface area contributed by atoms with Crippen molar-refractivity contribution in [3.63, 3.8) is 0 Å². The van der Waals surface area contributed by atoms with E-state index in [0.29, 0.717) is 6.04 Å². The molecule has 110 valence electrons. The largest absolute Gasteiger partial charge is 0.357 e. The third kappa shape index (κ3) is 4.23. The number of aryl methyl sites for hydroxylation is 2. The highest BCUT2D eigenvalue weighted by Crippen LogP contribution is 2.23. The van der Waals surface area contributed by atoms with E-state index in [-0.39, 0.29) is 0 Å². The molecule has 1 N–H and O–H groups in total. The maximum absolute atomic E-state index is 4.61. The van der Waals surface area contributed by atoms with Crippen molar-refractivity contribution < 1.29 is 0 Å². The summed E-state index contributed by atoms with van der Waals surface area (Å²) >= 11 is 0. The van der Waals surface area contributed by atoms with Crippen molar-refractivity contribution in [1.29, 1.82) is 0 Å². The monoisotopic (exact) mass is 266 g/mol. The van der Waals surface area contributed by atoms with Crippen molar-refractivity contribution in [2.45, 2.75) is 60.0 Å². The summed E-state index contributed by atoms with van der Waals surface area (Å²) in [5.41, 5.74) is 2.49. The molecular weight excluding hydrogens is 236 g/mol. The van der Waals surface area contributed by atoms with E-state index < -0.39 is 0 Å². The molecule has 4 nitrogen and oxygen atoms in total.